The van der Waals surface area contributed by atoms with Crippen LogP contribution in [-0.2, 0) is 11.2 Å². The van der Waals surface area contributed by atoms with Crippen molar-refractivity contribution in [3.8, 4) is 5.75 Å². The van der Waals surface area contributed by atoms with Crippen LogP contribution in [0.2, 0.25) is 0 Å². The van der Waals surface area contributed by atoms with Gasteiger partial charge < -0.3 is 15.8 Å². The number of amides is 1. The maximum atomic E-state index is 12.0. The lowest BCUT2D eigenvalue weighted by Crippen LogP contribution is -2.16. The van der Waals surface area contributed by atoms with Crippen molar-refractivity contribution in [2.75, 3.05) is 17.7 Å². The summed E-state index contributed by atoms with van der Waals surface area (Å²) < 4.78 is 5.46. The molecular formula is C15H17N3O2. The van der Waals surface area contributed by atoms with Crippen molar-refractivity contribution in [1.29, 1.82) is 0 Å². The highest BCUT2D eigenvalue weighted by Crippen LogP contribution is 2.23. The van der Waals surface area contributed by atoms with Crippen LogP contribution in [-0.4, -0.2) is 17.5 Å². The molecule has 1 heterocycles. The number of hydrogen-bond acceptors (Lipinski definition) is 4. The molecule has 0 fully saturated rings. The van der Waals surface area contributed by atoms with Gasteiger partial charge in [0.2, 0.25) is 5.91 Å². The van der Waals surface area contributed by atoms with Gasteiger partial charge >= 0.3 is 0 Å². The van der Waals surface area contributed by atoms with E-state index in [9.17, 15) is 4.79 Å². The van der Waals surface area contributed by atoms with E-state index in [1.165, 1.54) is 6.20 Å². The molecule has 0 unspecified atom stereocenters. The summed E-state index contributed by atoms with van der Waals surface area (Å²) in [5.74, 6) is 0.517. The average molecular weight is 271 g/mol. The monoisotopic (exact) mass is 271 g/mol. The second kappa shape index (κ2) is 6.56. The van der Waals surface area contributed by atoms with Gasteiger partial charge in [0.15, 0.2) is 0 Å². The molecule has 0 spiro atoms. The third kappa shape index (κ3) is 3.71. The summed E-state index contributed by atoms with van der Waals surface area (Å²) in [4.78, 5) is 16.1. The number of rotatable bonds is 5. The molecule has 1 amide bonds. The Labute approximate surface area is 117 Å². The zero-order valence-electron chi connectivity index (χ0n) is 11.3. The average Bonchev–Trinajstić information content (AvgIpc) is 2.44. The lowest BCUT2D eigenvalue weighted by atomic mass is 10.2. The Kier molecular flexibility index (Phi) is 4.55. The van der Waals surface area contributed by atoms with Crippen molar-refractivity contribution >= 4 is 17.3 Å². The number of nitrogens with two attached hydrogens (primary N) is 1. The molecular weight excluding hydrogens is 254 g/mol. The maximum absolute atomic E-state index is 12.0. The largest absolute Gasteiger partial charge is 0.492 e. The molecule has 20 heavy (non-hydrogen) atoms. The molecule has 0 aliphatic heterocycles. The van der Waals surface area contributed by atoms with E-state index in [4.69, 9.17) is 10.5 Å². The van der Waals surface area contributed by atoms with Crippen molar-refractivity contribution < 1.29 is 9.53 Å². The third-order valence-corrected chi connectivity index (χ3v) is 2.65. The van der Waals surface area contributed by atoms with Crippen LogP contribution in [0.15, 0.2) is 42.6 Å². The zero-order chi connectivity index (χ0) is 14.4. The molecule has 104 valence electrons. The summed E-state index contributed by atoms with van der Waals surface area (Å²) in [5.41, 5.74) is 7.47. The summed E-state index contributed by atoms with van der Waals surface area (Å²) in [6.45, 7) is 2.45. The smallest absolute Gasteiger partial charge is 0.230 e. The second-order valence-electron chi connectivity index (χ2n) is 4.24. The van der Waals surface area contributed by atoms with Crippen LogP contribution in [0.25, 0.3) is 0 Å². The summed E-state index contributed by atoms with van der Waals surface area (Å²) in [5, 5.41) is 2.82. The lowest BCUT2D eigenvalue weighted by molar-refractivity contribution is -0.115. The quantitative estimate of drug-likeness (QED) is 0.874. The normalized spacial score (nSPS) is 10.1. The second-order valence-corrected chi connectivity index (χ2v) is 4.24. The minimum atomic E-state index is -0.144. The molecule has 1 aromatic heterocycles. The van der Waals surface area contributed by atoms with Crippen molar-refractivity contribution in [2.24, 2.45) is 0 Å². The van der Waals surface area contributed by atoms with E-state index in [1.807, 2.05) is 25.1 Å². The summed E-state index contributed by atoms with van der Waals surface area (Å²) >= 11 is 0. The van der Waals surface area contributed by atoms with Gasteiger partial charge in [-0.3, -0.25) is 9.78 Å². The van der Waals surface area contributed by atoms with Crippen molar-refractivity contribution in [3.63, 3.8) is 0 Å². The molecule has 1 aromatic carbocycles. The molecule has 3 N–H and O–H groups in total. The standard InChI is InChI=1S/C15H17N3O2/c1-2-20-14-6-4-3-5-13(14)18-15(19)9-12-8-7-11(16)10-17-12/h3-8,10H,2,9,16H2,1H3,(H,18,19). The van der Waals surface area contributed by atoms with Crippen LogP contribution >= 0.6 is 0 Å². The third-order valence-electron chi connectivity index (χ3n) is 2.65. The predicted octanol–water partition coefficient (Wildman–Crippen LogP) is 2.24. The van der Waals surface area contributed by atoms with Crippen molar-refractivity contribution in [3.05, 3.63) is 48.3 Å². The molecule has 2 aromatic rings. The molecule has 5 heteroatoms. The van der Waals surface area contributed by atoms with Gasteiger partial charge in [-0.15, -0.1) is 0 Å². The Bertz CT molecular complexity index is 582. The Hall–Kier alpha value is -2.56. The number of nitrogen functional groups attached to an aromatic ring is 1. The lowest BCUT2D eigenvalue weighted by Gasteiger charge is -2.11. The van der Waals surface area contributed by atoms with Crippen LogP contribution < -0.4 is 15.8 Å². The van der Waals surface area contributed by atoms with Gasteiger partial charge in [-0.2, -0.15) is 0 Å². The van der Waals surface area contributed by atoms with Gasteiger partial charge in [0.25, 0.3) is 0 Å². The molecule has 0 aliphatic carbocycles. The van der Waals surface area contributed by atoms with Gasteiger partial charge in [-0.1, -0.05) is 12.1 Å². The topological polar surface area (TPSA) is 77.2 Å². The molecule has 0 bridgehead atoms. The number of nitrogens with one attached hydrogen (secondary N) is 1. The molecule has 0 radical (unpaired) electrons. The van der Waals surface area contributed by atoms with E-state index in [1.54, 1.807) is 18.2 Å². The van der Waals surface area contributed by atoms with E-state index >= 15 is 0 Å². The fraction of sp³-hybridized carbons (Fsp3) is 0.200. The Morgan fingerprint density at radius 3 is 2.80 bits per heavy atom. The van der Waals surface area contributed by atoms with Crippen molar-refractivity contribution in [2.45, 2.75) is 13.3 Å². The highest BCUT2D eigenvalue weighted by atomic mass is 16.5. The number of benzene rings is 1. The van der Waals surface area contributed by atoms with Crippen LogP contribution in [0.5, 0.6) is 5.75 Å². The number of hydrogen-bond donors (Lipinski definition) is 2. The number of nitrogens with zero attached hydrogens (tertiary/aromatic N) is 1. The first-order valence-electron chi connectivity index (χ1n) is 6.41. The Morgan fingerprint density at radius 2 is 2.10 bits per heavy atom. The minimum absolute atomic E-state index is 0.144. The van der Waals surface area contributed by atoms with Crippen LogP contribution in [0.3, 0.4) is 0 Å². The Balaban J connectivity index is 2.02. The fourth-order valence-corrected chi connectivity index (χ4v) is 1.75. The summed E-state index contributed by atoms with van der Waals surface area (Å²) in [7, 11) is 0. The molecule has 0 atom stereocenters. The SMILES string of the molecule is CCOc1ccccc1NC(=O)Cc1ccc(N)cn1. The van der Waals surface area contributed by atoms with Crippen LogP contribution in [0.4, 0.5) is 11.4 Å². The van der Waals surface area contributed by atoms with E-state index in [0.717, 1.165) is 0 Å². The number of para-hydroxylation sites is 2. The van der Waals surface area contributed by atoms with Gasteiger partial charge in [0, 0.05) is 5.69 Å². The fourth-order valence-electron chi connectivity index (χ4n) is 1.75. The van der Waals surface area contributed by atoms with Gasteiger partial charge in [0.05, 0.1) is 30.6 Å². The van der Waals surface area contributed by atoms with E-state index in [0.29, 0.717) is 29.4 Å². The first kappa shape index (κ1) is 13.9. The number of ether oxygens (including phenoxy) is 1. The van der Waals surface area contributed by atoms with Crippen molar-refractivity contribution in [1.82, 2.24) is 4.98 Å². The molecule has 2 rings (SSSR count). The van der Waals surface area contributed by atoms with Gasteiger partial charge in [0.1, 0.15) is 5.75 Å². The van der Waals surface area contributed by atoms with Crippen LogP contribution in [0, 0.1) is 0 Å². The number of pyridine rings is 1. The summed E-state index contributed by atoms with van der Waals surface area (Å²) in [6.07, 6.45) is 1.73. The van der Waals surface area contributed by atoms with E-state index in [2.05, 4.69) is 10.3 Å². The molecule has 0 aliphatic rings. The van der Waals surface area contributed by atoms with Gasteiger partial charge in [-0.05, 0) is 31.2 Å². The summed E-state index contributed by atoms with van der Waals surface area (Å²) in [6, 6.07) is 10.8. The van der Waals surface area contributed by atoms with Gasteiger partial charge in [-0.25, -0.2) is 0 Å². The predicted molar refractivity (Wildman–Crippen MR) is 78.6 cm³/mol. The minimum Gasteiger partial charge on any atom is -0.492 e. The first-order chi connectivity index (χ1) is 9.69. The maximum Gasteiger partial charge on any atom is 0.230 e. The highest BCUT2D eigenvalue weighted by Gasteiger charge is 2.08. The molecule has 5 nitrogen and oxygen atoms in total. The van der Waals surface area contributed by atoms with Crippen LogP contribution in [0.1, 0.15) is 12.6 Å². The molecule has 0 saturated carbocycles. The number of carbonyl (C=O) groups excluding carboxylic acids is 1. The number of anilines is 2. The van der Waals surface area contributed by atoms with E-state index in [-0.39, 0.29) is 12.3 Å². The van der Waals surface area contributed by atoms with E-state index < -0.39 is 0 Å². The zero-order valence-corrected chi connectivity index (χ0v) is 11.3. The Morgan fingerprint density at radius 1 is 1.30 bits per heavy atom. The molecule has 0 saturated heterocycles. The first-order valence-corrected chi connectivity index (χ1v) is 6.41. The number of aromatic nitrogens is 1. The number of carbonyl (C=O) groups is 1. The highest BCUT2D eigenvalue weighted by molar-refractivity contribution is 5.93.